The number of pyridine rings is 2. The second kappa shape index (κ2) is 8.94. The highest BCUT2D eigenvalue weighted by Crippen LogP contribution is 2.54. The lowest BCUT2D eigenvalue weighted by atomic mass is 9.86. The minimum Gasteiger partial charge on any atom is -0.324 e. The van der Waals surface area contributed by atoms with Crippen molar-refractivity contribution in [1.82, 2.24) is 9.97 Å². The van der Waals surface area contributed by atoms with E-state index in [4.69, 9.17) is 0 Å². The van der Waals surface area contributed by atoms with Gasteiger partial charge in [-0.05, 0) is 104 Å². The Morgan fingerprint density at radius 3 is 2.58 bits per heavy atom. The Hall–Kier alpha value is -3.26. The summed E-state index contributed by atoms with van der Waals surface area (Å²) in [6.07, 6.45) is 7.88. The van der Waals surface area contributed by atoms with E-state index in [1.165, 1.54) is 11.6 Å². The summed E-state index contributed by atoms with van der Waals surface area (Å²) in [6, 6.07) is 10.6. The Labute approximate surface area is 194 Å². The average molecular weight is 442 g/mol. The monoisotopic (exact) mass is 441 g/mol. The normalized spacial score (nSPS) is 24.7. The molecule has 2 heterocycles. The molecule has 33 heavy (non-hydrogen) atoms. The summed E-state index contributed by atoms with van der Waals surface area (Å²) in [5.74, 6) is 7.62. The van der Waals surface area contributed by atoms with Crippen LogP contribution in [0.3, 0.4) is 0 Å². The van der Waals surface area contributed by atoms with Crippen LogP contribution >= 0.6 is 0 Å². The number of hydrogen-bond donors (Lipinski definition) is 1. The lowest BCUT2D eigenvalue weighted by Crippen LogP contribution is -2.26. The predicted molar refractivity (Wildman–Crippen MR) is 128 cm³/mol. The van der Waals surface area contributed by atoms with Gasteiger partial charge in [0.15, 0.2) is 0 Å². The predicted octanol–water partition coefficient (Wildman–Crippen LogP) is 5.93. The fourth-order valence-corrected chi connectivity index (χ4v) is 5.96. The van der Waals surface area contributed by atoms with E-state index >= 15 is 0 Å². The Bertz CT molecular complexity index is 1230. The summed E-state index contributed by atoms with van der Waals surface area (Å²) in [7, 11) is 0. The molecule has 168 valence electrons. The van der Waals surface area contributed by atoms with Crippen LogP contribution in [0.1, 0.15) is 56.7 Å². The number of nitrogens with one attached hydrogen (secondary N) is 1. The fraction of sp³-hybridized carbons (Fsp3) is 0.393. The molecule has 0 saturated heterocycles. The summed E-state index contributed by atoms with van der Waals surface area (Å²) in [6.45, 7) is 3.82. The van der Waals surface area contributed by atoms with Gasteiger partial charge < -0.3 is 5.32 Å². The van der Waals surface area contributed by atoms with Crippen LogP contribution in [0.5, 0.6) is 0 Å². The van der Waals surface area contributed by atoms with Gasteiger partial charge in [0.1, 0.15) is 11.5 Å². The third-order valence-electron chi connectivity index (χ3n) is 7.63. The molecule has 2 unspecified atom stereocenters. The lowest BCUT2D eigenvalue weighted by molar-refractivity contribution is -0.120. The van der Waals surface area contributed by atoms with Crippen molar-refractivity contribution in [2.75, 3.05) is 5.32 Å². The van der Waals surface area contributed by atoms with Crippen molar-refractivity contribution in [3.63, 3.8) is 0 Å². The van der Waals surface area contributed by atoms with E-state index in [0.29, 0.717) is 35.1 Å². The molecule has 0 radical (unpaired) electrons. The van der Waals surface area contributed by atoms with Gasteiger partial charge in [0.05, 0.1) is 17.4 Å². The first-order valence-electron chi connectivity index (χ1n) is 11.8. The summed E-state index contributed by atoms with van der Waals surface area (Å²) in [4.78, 5) is 21.6. The molecule has 5 atom stereocenters. The van der Waals surface area contributed by atoms with Crippen LogP contribution in [0.4, 0.5) is 10.1 Å². The van der Waals surface area contributed by atoms with Gasteiger partial charge >= 0.3 is 0 Å². The first-order chi connectivity index (χ1) is 16.0. The molecule has 2 aliphatic rings. The summed E-state index contributed by atoms with van der Waals surface area (Å²) < 4.78 is 13.9. The van der Waals surface area contributed by atoms with Gasteiger partial charge in [-0.25, -0.2) is 9.37 Å². The van der Waals surface area contributed by atoms with E-state index in [-0.39, 0.29) is 17.6 Å². The Morgan fingerprint density at radius 1 is 1.09 bits per heavy atom. The maximum atomic E-state index is 13.9. The van der Waals surface area contributed by atoms with Gasteiger partial charge in [-0.1, -0.05) is 12.8 Å². The zero-order chi connectivity index (χ0) is 22.9. The third kappa shape index (κ3) is 4.35. The standard InChI is InChI=1S/C28H28FN3O/c1-3-4-23-6-7-24(16-31-23)32-28(33)17(2)18-11-19-13-21(14-20(19)12-18)25-9-10-30-27-8-5-22(29)15-26(25)27/h5-10,15-21H,11-14H2,1-2H3,(H,32,33)/t17?,18-,19-,20+,21?. The Balaban J connectivity index is 1.22. The second-order valence-corrected chi connectivity index (χ2v) is 9.57. The van der Waals surface area contributed by atoms with Crippen LogP contribution < -0.4 is 5.32 Å². The highest BCUT2D eigenvalue weighted by molar-refractivity contribution is 5.92. The molecular weight excluding hydrogens is 413 g/mol. The third-order valence-corrected chi connectivity index (χ3v) is 7.63. The molecule has 2 aliphatic carbocycles. The van der Waals surface area contributed by atoms with Crippen molar-refractivity contribution in [3.8, 4) is 11.8 Å². The van der Waals surface area contributed by atoms with Crippen molar-refractivity contribution in [1.29, 1.82) is 0 Å². The molecule has 2 aromatic heterocycles. The molecule has 1 amide bonds. The van der Waals surface area contributed by atoms with Gasteiger partial charge in [-0.3, -0.25) is 9.78 Å². The van der Waals surface area contributed by atoms with Gasteiger partial charge in [0.2, 0.25) is 5.91 Å². The Morgan fingerprint density at radius 2 is 1.88 bits per heavy atom. The van der Waals surface area contributed by atoms with Crippen LogP contribution in [-0.2, 0) is 4.79 Å². The zero-order valence-corrected chi connectivity index (χ0v) is 19.0. The van der Waals surface area contributed by atoms with Crippen molar-refractivity contribution in [3.05, 3.63) is 65.9 Å². The SMILES string of the molecule is CC#Cc1ccc(NC(=O)C(C)[C@H]2C[C@H]3CC(c4ccnc5ccc(F)cc45)C[C@H]3C2)cn1. The number of halogens is 1. The van der Waals surface area contributed by atoms with Gasteiger partial charge in [0, 0.05) is 17.5 Å². The number of benzene rings is 1. The van der Waals surface area contributed by atoms with E-state index in [0.717, 1.165) is 36.6 Å². The molecule has 2 fully saturated rings. The van der Waals surface area contributed by atoms with E-state index in [9.17, 15) is 9.18 Å². The van der Waals surface area contributed by atoms with Gasteiger partial charge in [0.25, 0.3) is 0 Å². The van der Waals surface area contributed by atoms with Crippen molar-refractivity contribution in [2.45, 2.75) is 45.4 Å². The maximum Gasteiger partial charge on any atom is 0.227 e. The summed E-state index contributed by atoms with van der Waals surface area (Å²) in [5.41, 5.74) is 3.49. The van der Waals surface area contributed by atoms with Gasteiger partial charge in [-0.2, -0.15) is 0 Å². The minimum atomic E-state index is -0.210. The molecule has 3 aromatic rings. The number of anilines is 1. The van der Waals surface area contributed by atoms with Crippen LogP contribution in [-0.4, -0.2) is 15.9 Å². The Kier molecular flexibility index (Phi) is 5.85. The highest BCUT2D eigenvalue weighted by Gasteiger charge is 2.44. The van der Waals surface area contributed by atoms with E-state index < -0.39 is 0 Å². The fourth-order valence-electron chi connectivity index (χ4n) is 5.96. The lowest BCUT2D eigenvalue weighted by Gasteiger charge is -2.21. The molecule has 1 aromatic carbocycles. The molecule has 1 N–H and O–H groups in total. The number of fused-ring (bicyclic) bond motifs is 2. The molecule has 5 rings (SSSR count). The van der Waals surface area contributed by atoms with Crippen molar-refractivity contribution in [2.24, 2.45) is 23.7 Å². The molecule has 0 spiro atoms. The highest BCUT2D eigenvalue weighted by atomic mass is 19.1. The number of nitrogens with zero attached hydrogens (tertiary/aromatic N) is 2. The molecule has 4 nitrogen and oxygen atoms in total. The second-order valence-electron chi connectivity index (χ2n) is 9.57. The zero-order valence-electron chi connectivity index (χ0n) is 19.0. The molecule has 5 heteroatoms. The topological polar surface area (TPSA) is 54.9 Å². The minimum absolute atomic E-state index is 0.0417. The number of amides is 1. The van der Waals surface area contributed by atoms with Crippen molar-refractivity contribution >= 4 is 22.5 Å². The number of carbonyl (C=O) groups is 1. The number of carbonyl (C=O) groups excluding carboxylic acids is 1. The quantitative estimate of drug-likeness (QED) is 0.510. The molecule has 0 aliphatic heterocycles. The summed E-state index contributed by atoms with van der Waals surface area (Å²) >= 11 is 0. The molecule has 0 bridgehead atoms. The first-order valence-corrected chi connectivity index (χ1v) is 11.8. The summed E-state index contributed by atoms with van der Waals surface area (Å²) in [5, 5.41) is 3.96. The average Bonchev–Trinajstić information content (AvgIpc) is 3.39. The van der Waals surface area contributed by atoms with E-state index in [1.54, 1.807) is 25.3 Å². The number of hydrogen-bond acceptors (Lipinski definition) is 3. The maximum absolute atomic E-state index is 13.9. The van der Waals surface area contributed by atoms with Gasteiger partial charge in [-0.15, -0.1) is 0 Å². The number of rotatable bonds is 4. The molecule has 2 saturated carbocycles. The van der Waals surface area contributed by atoms with Crippen LogP contribution in [0.15, 0.2) is 48.8 Å². The molecular formula is C28H28FN3O. The van der Waals surface area contributed by atoms with E-state index in [1.807, 2.05) is 25.3 Å². The smallest absolute Gasteiger partial charge is 0.227 e. The van der Waals surface area contributed by atoms with Crippen molar-refractivity contribution < 1.29 is 9.18 Å². The number of aromatic nitrogens is 2. The van der Waals surface area contributed by atoms with Crippen LogP contribution in [0.25, 0.3) is 10.9 Å². The van der Waals surface area contributed by atoms with Crippen LogP contribution in [0, 0.1) is 41.3 Å². The first kappa shape index (κ1) is 21.6. The van der Waals surface area contributed by atoms with E-state index in [2.05, 4.69) is 33.2 Å². The largest absolute Gasteiger partial charge is 0.324 e. The van der Waals surface area contributed by atoms with Crippen LogP contribution in [0.2, 0.25) is 0 Å².